The van der Waals surface area contributed by atoms with Gasteiger partial charge < -0.3 is 0 Å². The molecule has 2 aromatic heterocycles. The summed E-state index contributed by atoms with van der Waals surface area (Å²) >= 11 is 12.2. The van der Waals surface area contributed by atoms with E-state index in [1.807, 2.05) is 18.4 Å². The molecule has 0 N–H and O–H groups in total. The molecule has 78 valence electrons. The third-order valence-corrected chi connectivity index (χ3v) is 4.85. The fourth-order valence-electron chi connectivity index (χ4n) is 1.25. The first-order valence-corrected chi connectivity index (χ1v) is 7.00. The van der Waals surface area contributed by atoms with Gasteiger partial charge in [-0.2, -0.15) is 0 Å². The first-order valence-electron chi connectivity index (χ1n) is 4.13. The number of thiophene rings is 2. The SMILES string of the molecule is Cc1sc(Br)cc1C(=O)c1sccc1Cl. The molecule has 0 amide bonds. The monoisotopic (exact) mass is 320 g/mol. The van der Waals surface area contributed by atoms with Crippen LogP contribution >= 0.6 is 50.2 Å². The average molecular weight is 322 g/mol. The summed E-state index contributed by atoms with van der Waals surface area (Å²) in [6.45, 7) is 1.93. The molecule has 0 spiro atoms. The van der Waals surface area contributed by atoms with E-state index in [-0.39, 0.29) is 5.78 Å². The van der Waals surface area contributed by atoms with E-state index in [9.17, 15) is 4.79 Å². The normalized spacial score (nSPS) is 10.6. The minimum absolute atomic E-state index is 0.00875. The van der Waals surface area contributed by atoms with Gasteiger partial charge in [0, 0.05) is 10.4 Å². The predicted molar refractivity (Wildman–Crippen MR) is 69.5 cm³/mol. The maximum absolute atomic E-state index is 12.1. The fraction of sp³-hybridized carbons (Fsp3) is 0.100. The van der Waals surface area contributed by atoms with Crippen LogP contribution in [0.2, 0.25) is 5.02 Å². The Bertz CT molecular complexity index is 515. The summed E-state index contributed by atoms with van der Waals surface area (Å²) < 4.78 is 0.969. The Morgan fingerprint density at radius 3 is 2.73 bits per heavy atom. The molecule has 0 aliphatic carbocycles. The highest BCUT2D eigenvalue weighted by molar-refractivity contribution is 9.11. The molecule has 0 saturated heterocycles. The lowest BCUT2D eigenvalue weighted by atomic mass is 10.1. The van der Waals surface area contributed by atoms with Crippen LogP contribution in [0.5, 0.6) is 0 Å². The van der Waals surface area contributed by atoms with Crippen molar-refractivity contribution < 1.29 is 4.79 Å². The summed E-state index contributed by atoms with van der Waals surface area (Å²) in [4.78, 5) is 13.7. The summed E-state index contributed by atoms with van der Waals surface area (Å²) in [5, 5.41) is 2.36. The van der Waals surface area contributed by atoms with Crippen LogP contribution in [0.1, 0.15) is 20.1 Å². The Morgan fingerprint density at radius 1 is 1.53 bits per heavy atom. The van der Waals surface area contributed by atoms with Crippen molar-refractivity contribution in [3.05, 3.63) is 41.6 Å². The number of carbonyl (C=O) groups is 1. The van der Waals surface area contributed by atoms with Gasteiger partial charge in [-0.1, -0.05) is 11.6 Å². The van der Waals surface area contributed by atoms with Gasteiger partial charge in [0.1, 0.15) is 0 Å². The zero-order chi connectivity index (χ0) is 11.0. The highest BCUT2D eigenvalue weighted by Gasteiger charge is 2.18. The maximum Gasteiger partial charge on any atom is 0.205 e. The van der Waals surface area contributed by atoms with Gasteiger partial charge in [-0.15, -0.1) is 22.7 Å². The Balaban J connectivity index is 2.45. The number of hydrogen-bond donors (Lipinski definition) is 0. The molecular formula is C10H6BrClOS2. The number of halogens is 2. The van der Waals surface area contributed by atoms with Crippen LogP contribution in [-0.2, 0) is 0 Å². The van der Waals surface area contributed by atoms with Crippen molar-refractivity contribution in [2.45, 2.75) is 6.92 Å². The molecule has 0 fully saturated rings. The second kappa shape index (κ2) is 4.37. The molecule has 0 aliphatic heterocycles. The molecule has 0 saturated carbocycles. The van der Waals surface area contributed by atoms with E-state index in [4.69, 9.17) is 11.6 Å². The molecule has 2 rings (SSSR count). The lowest BCUT2D eigenvalue weighted by Gasteiger charge is -1.96. The van der Waals surface area contributed by atoms with Crippen molar-refractivity contribution in [2.24, 2.45) is 0 Å². The minimum Gasteiger partial charge on any atom is -0.288 e. The molecule has 0 unspecified atom stereocenters. The number of hydrogen-bond acceptors (Lipinski definition) is 3. The van der Waals surface area contributed by atoms with Crippen LogP contribution in [0.3, 0.4) is 0 Å². The molecule has 5 heteroatoms. The van der Waals surface area contributed by atoms with E-state index in [2.05, 4.69) is 15.9 Å². The lowest BCUT2D eigenvalue weighted by Crippen LogP contribution is -1.98. The van der Waals surface area contributed by atoms with Crippen LogP contribution in [0, 0.1) is 6.92 Å². The van der Waals surface area contributed by atoms with E-state index >= 15 is 0 Å². The molecule has 2 heterocycles. The van der Waals surface area contributed by atoms with Crippen molar-refractivity contribution >= 4 is 56.0 Å². The Kier molecular flexibility index (Phi) is 3.30. The van der Waals surface area contributed by atoms with Gasteiger partial charge in [-0.3, -0.25) is 4.79 Å². The molecule has 2 aromatic rings. The van der Waals surface area contributed by atoms with Gasteiger partial charge in [0.2, 0.25) is 5.78 Å². The van der Waals surface area contributed by atoms with Crippen LogP contribution in [0.4, 0.5) is 0 Å². The second-order valence-corrected chi connectivity index (χ2v) is 6.91. The first-order chi connectivity index (χ1) is 7.09. The van der Waals surface area contributed by atoms with Crippen molar-refractivity contribution in [3.63, 3.8) is 0 Å². The molecule has 0 aromatic carbocycles. The highest BCUT2D eigenvalue weighted by atomic mass is 79.9. The third kappa shape index (κ3) is 2.18. The highest BCUT2D eigenvalue weighted by Crippen LogP contribution is 2.31. The Hall–Kier alpha value is -0.160. The van der Waals surface area contributed by atoms with Crippen molar-refractivity contribution in [2.75, 3.05) is 0 Å². The number of rotatable bonds is 2. The smallest absolute Gasteiger partial charge is 0.205 e. The predicted octanol–water partition coefficient (Wildman–Crippen LogP) is 4.76. The molecule has 0 bridgehead atoms. The molecule has 0 atom stereocenters. The summed E-state index contributed by atoms with van der Waals surface area (Å²) in [6, 6.07) is 3.59. The van der Waals surface area contributed by atoms with Crippen molar-refractivity contribution in [1.29, 1.82) is 0 Å². The largest absolute Gasteiger partial charge is 0.288 e. The van der Waals surface area contributed by atoms with Crippen LogP contribution in [0.15, 0.2) is 21.3 Å². The van der Waals surface area contributed by atoms with Gasteiger partial charge in [-0.05, 0) is 40.4 Å². The second-order valence-electron chi connectivity index (χ2n) is 2.95. The van der Waals surface area contributed by atoms with Crippen LogP contribution < -0.4 is 0 Å². The van der Waals surface area contributed by atoms with Gasteiger partial charge in [0.25, 0.3) is 0 Å². The molecular weight excluding hydrogens is 316 g/mol. The quantitative estimate of drug-likeness (QED) is 0.729. The van der Waals surface area contributed by atoms with E-state index in [1.54, 1.807) is 17.4 Å². The van der Waals surface area contributed by atoms with E-state index in [0.29, 0.717) is 9.90 Å². The molecule has 1 nitrogen and oxygen atoms in total. The maximum atomic E-state index is 12.1. The zero-order valence-corrected chi connectivity index (χ0v) is 11.7. The van der Waals surface area contributed by atoms with Crippen molar-refractivity contribution in [1.82, 2.24) is 0 Å². The molecule has 15 heavy (non-hydrogen) atoms. The van der Waals surface area contributed by atoms with Crippen LogP contribution in [0.25, 0.3) is 0 Å². The first kappa shape index (κ1) is 11.3. The summed E-state index contributed by atoms with van der Waals surface area (Å²) in [5.41, 5.74) is 0.733. The topological polar surface area (TPSA) is 17.1 Å². The number of ketones is 1. The Labute approximate surface area is 109 Å². The Morgan fingerprint density at radius 2 is 2.27 bits per heavy atom. The zero-order valence-electron chi connectivity index (χ0n) is 7.71. The number of carbonyl (C=O) groups excluding carboxylic acids is 1. The third-order valence-electron chi connectivity index (χ3n) is 1.96. The molecule has 0 radical (unpaired) electrons. The van der Waals surface area contributed by atoms with Gasteiger partial charge in [0.05, 0.1) is 13.7 Å². The summed E-state index contributed by atoms with van der Waals surface area (Å²) in [6.07, 6.45) is 0. The average Bonchev–Trinajstić information content (AvgIpc) is 2.71. The standard InChI is InChI=1S/C10H6BrClOS2/c1-5-6(4-8(11)15-5)9(13)10-7(12)2-3-14-10/h2-4H,1H3. The van der Waals surface area contributed by atoms with E-state index in [1.165, 1.54) is 11.3 Å². The molecule has 0 aliphatic rings. The lowest BCUT2D eigenvalue weighted by molar-refractivity contribution is 0.104. The summed E-state index contributed by atoms with van der Waals surface area (Å²) in [7, 11) is 0. The van der Waals surface area contributed by atoms with Crippen molar-refractivity contribution in [3.8, 4) is 0 Å². The number of aryl methyl sites for hydroxylation is 1. The summed E-state index contributed by atoms with van der Waals surface area (Å²) in [5.74, 6) is 0.00875. The van der Waals surface area contributed by atoms with Crippen LogP contribution in [-0.4, -0.2) is 5.78 Å². The van der Waals surface area contributed by atoms with Gasteiger partial charge in [-0.25, -0.2) is 0 Å². The van der Waals surface area contributed by atoms with E-state index < -0.39 is 0 Å². The van der Waals surface area contributed by atoms with Gasteiger partial charge in [0.15, 0.2) is 0 Å². The van der Waals surface area contributed by atoms with E-state index in [0.717, 1.165) is 14.2 Å². The minimum atomic E-state index is 0.00875. The van der Waals surface area contributed by atoms with Gasteiger partial charge >= 0.3 is 0 Å². The fourth-order valence-corrected chi connectivity index (χ4v) is 4.03.